The van der Waals surface area contributed by atoms with Crippen molar-refractivity contribution >= 4 is 0 Å². The van der Waals surface area contributed by atoms with Crippen molar-refractivity contribution in [3.63, 3.8) is 0 Å². The molecule has 0 spiro atoms. The van der Waals surface area contributed by atoms with Crippen LogP contribution in [-0.4, -0.2) is 16.1 Å². The highest BCUT2D eigenvalue weighted by Gasteiger charge is 2.32. The van der Waals surface area contributed by atoms with Gasteiger partial charge < -0.3 is 4.57 Å². The van der Waals surface area contributed by atoms with Gasteiger partial charge in [0.05, 0.1) is 24.6 Å². The molecular weight excluding hydrogens is 248 g/mol. The molecule has 4 heteroatoms. The number of aromatic nitrogens is 2. The van der Waals surface area contributed by atoms with Crippen LogP contribution in [0.25, 0.3) is 0 Å². The van der Waals surface area contributed by atoms with Gasteiger partial charge in [0.1, 0.15) is 5.54 Å². The van der Waals surface area contributed by atoms with Crippen LogP contribution in [0.2, 0.25) is 0 Å². The molecule has 1 atom stereocenters. The molecule has 0 radical (unpaired) electrons. The molecule has 1 aromatic heterocycles. The highest BCUT2D eigenvalue weighted by Crippen LogP contribution is 2.24. The number of nitrogens with zero attached hydrogens (tertiary/aromatic N) is 3. The van der Waals surface area contributed by atoms with Crippen LogP contribution < -0.4 is 5.32 Å². The first kappa shape index (κ1) is 14.3. The van der Waals surface area contributed by atoms with Gasteiger partial charge in [-0.15, -0.1) is 0 Å². The molecular formula is C16H20N4. The van der Waals surface area contributed by atoms with Gasteiger partial charge in [-0.1, -0.05) is 37.3 Å². The Morgan fingerprint density at radius 2 is 2.00 bits per heavy atom. The standard InChI is InChI=1S/C16H20N4/c1-4-19-16(10-17,15-8-6-5-7-9-15)11-20-12-18-13(2)14(20)3/h5-9,12,19H,4,11H2,1-3H3. The average Bonchev–Trinajstić information content (AvgIpc) is 2.79. The normalized spacial score (nSPS) is 13.7. The third-order valence-electron chi connectivity index (χ3n) is 3.69. The van der Waals surface area contributed by atoms with E-state index in [1.54, 1.807) is 6.33 Å². The molecule has 1 N–H and O–H groups in total. The minimum absolute atomic E-state index is 0.550. The topological polar surface area (TPSA) is 53.6 Å². The van der Waals surface area contributed by atoms with Crippen molar-refractivity contribution in [3.05, 3.63) is 53.6 Å². The second kappa shape index (κ2) is 5.89. The van der Waals surface area contributed by atoms with E-state index in [1.165, 1.54) is 0 Å². The van der Waals surface area contributed by atoms with E-state index in [9.17, 15) is 5.26 Å². The second-order valence-electron chi connectivity index (χ2n) is 4.96. The number of aryl methyl sites for hydroxylation is 1. The minimum Gasteiger partial charge on any atom is -0.331 e. The Hall–Kier alpha value is -2.12. The van der Waals surface area contributed by atoms with Crippen LogP contribution in [0.15, 0.2) is 36.7 Å². The zero-order valence-electron chi connectivity index (χ0n) is 12.2. The van der Waals surface area contributed by atoms with Gasteiger partial charge in [-0.25, -0.2) is 4.98 Å². The van der Waals surface area contributed by atoms with Crippen molar-refractivity contribution in [1.29, 1.82) is 5.26 Å². The summed E-state index contributed by atoms with van der Waals surface area (Å²) in [7, 11) is 0. The number of imidazole rings is 1. The van der Waals surface area contributed by atoms with Crippen LogP contribution in [-0.2, 0) is 12.1 Å². The summed E-state index contributed by atoms with van der Waals surface area (Å²) in [6.45, 7) is 7.31. The number of likely N-dealkylation sites (N-methyl/N-ethyl adjacent to an activating group) is 1. The molecule has 1 aromatic carbocycles. The van der Waals surface area contributed by atoms with Gasteiger partial charge in [-0.05, 0) is 26.0 Å². The van der Waals surface area contributed by atoms with Crippen molar-refractivity contribution in [2.75, 3.05) is 6.54 Å². The largest absolute Gasteiger partial charge is 0.331 e. The summed E-state index contributed by atoms with van der Waals surface area (Å²) < 4.78 is 2.04. The first-order valence-electron chi connectivity index (χ1n) is 6.83. The molecule has 0 aliphatic rings. The first-order chi connectivity index (χ1) is 9.63. The quantitative estimate of drug-likeness (QED) is 0.906. The zero-order chi connectivity index (χ0) is 14.6. The van der Waals surface area contributed by atoms with Gasteiger partial charge >= 0.3 is 0 Å². The van der Waals surface area contributed by atoms with Gasteiger partial charge in [0.2, 0.25) is 0 Å². The van der Waals surface area contributed by atoms with Crippen LogP contribution in [0.4, 0.5) is 0 Å². The van der Waals surface area contributed by atoms with Crippen molar-refractivity contribution in [2.24, 2.45) is 0 Å². The summed E-state index contributed by atoms with van der Waals surface area (Å²) in [5.74, 6) is 0. The third kappa shape index (κ3) is 2.59. The smallest absolute Gasteiger partial charge is 0.150 e. The van der Waals surface area contributed by atoms with Gasteiger partial charge in [0, 0.05) is 5.69 Å². The minimum atomic E-state index is -0.728. The van der Waals surface area contributed by atoms with Gasteiger partial charge in [-0.2, -0.15) is 5.26 Å². The molecule has 0 saturated heterocycles. The van der Waals surface area contributed by atoms with E-state index in [0.29, 0.717) is 6.54 Å². The van der Waals surface area contributed by atoms with E-state index in [4.69, 9.17) is 0 Å². The molecule has 0 amide bonds. The van der Waals surface area contributed by atoms with E-state index < -0.39 is 5.54 Å². The Labute approximate surface area is 120 Å². The molecule has 1 heterocycles. The Morgan fingerprint density at radius 1 is 1.30 bits per heavy atom. The fraction of sp³-hybridized carbons (Fsp3) is 0.375. The molecule has 0 aliphatic heterocycles. The number of rotatable bonds is 5. The van der Waals surface area contributed by atoms with Gasteiger partial charge in [0.25, 0.3) is 0 Å². The van der Waals surface area contributed by atoms with E-state index in [1.807, 2.05) is 55.7 Å². The van der Waals surface area contributed by atoms with Gasteiger partial charge in [-0.3, -0.25) is 5.32 Å². The van der Waals surface area contributed by atoms with E-state index >= 15 is 0 Å². The summed E-state index contributed by atoms with van der Waals surface area (Å²) in [4.78, 5) is 4.31. The summed E-state index contributed by atoms with van der Waals surface area (Å²) in [5.41, 5.74) is 2.35. The van der Waals surface area contributed by atoms with E-state index in [2.05, 4.69) is 16.4 Å². The molecule has 2 rings (SSSR count). The SMILES string of the molecule is CCNC(C#N)(Cn1cnc(C)c1C)c1ccccc1. The molecule has 1 unspecified atom stereocenters. The van der Waals surface area contributed by atoms with Crippen LogP contribution in [0.5, 0.6) is 0 Å². The fourth-order valence-corrected chi connectivity index (χ4v) is 2.37. The Morgan fingerprint density at radius 3 is 2.50 bits per heavy atom. The number of hydrogen-bond donors (Lipinski definition) is 1. The molecule has 20 heavy (non-hydrogen) atoms. The Balaban J connectivity index is 2.43. The predicted octanol–water partition coefficient (Wildman–Crippen LogP) is 2.53. The number of nitriles is 1. The molecule has 0 bridgehead atoms. The Bertz CT molecular complexity index is 609. The third-order valence-corrected chi connectivity index (χ3v) is 3.69. The van der Waals surface area contributed by atoms with E-state index in [0.717, 1.165) is 23.5 Å². The Kier molecular flexibility index (Phi) is 4.21. The van der Waals surface area contributed by atoms with E-state index in [-0.39, 0.29) is 0 Å². The zero-order valence-corrected chi connectivity index (χ0v) is 12.2. The second-order valence-corrected chi connectivity index (χ2v) is 4.96. The summed E-state index contributed by atoms with van der Waals surface area (Å²) in [6, 6.07) is 12.3. The van der Waals surface area contributed by atoms with Crippen LogP contribution >= 0.6 is 0 Å². The number of benzene rings is 1. The maximum atomic E-state index is 9.77. The van der Waals surface area contributed by atoms with Crippen molar-refractivity contribution in [3.8, 4) is 6.07 Å². The molecule has 4 nitrogen and oxygen atoms in total. The average molecular weight is 268 g/mol. The summed E-state index contributed by atoms with van der Waals surface area (Å²) in [6.07, 6.45) is 1.80. The summed E-state index contributed by atoms with van der Waals surface area (Å²) >= 11 is 0. The van der Waals surface area contributed by atoms with Gasteiger partial charge in [0.15, 0.2) is 0 Å². The lowest BCUT2D eigenvalue weighted by Crippen LogP contribution is -2.44. The van der Waals surface area contributed by atoms with Crippen LogP contribution in [0.3, 0.4) is 0 Å². The van der Waals surface area contributed by atoms with Crippen molar-refractivity contribution in [2.45, 2.75) is 32.9 Å². The lowest BCUT2D eigenvalue weighted by atomic mass is 9.91. The molecule has 0 aliphatic carbocycles. The summed E-state index contributed by atoms with van der Waals surface area (Å²) in [5, 5.41) is 13.1. The highest BCUT2D eigenvalue weighted by atomic mass is 15.1. The number of nitrogens with one attached hydrogen (secondary N) is 1. The van der Waals surface area contributed by atoms with Crippen LogP contribution in [0, 0.1) is 25.2 Å². The maximum absolute atomic E-state index is 9.77. The fourth-order valence-electron chi connectivity index (χ4n) is 2.37. The lowest BCUT2D eigenvalue weighted by Gasteiger charge is -2.29. The molecule has 0 saturated carbocycles. The molecule has 0 fully saturated rings. The maximum Gasteiger partial charge on any atom is 0.150 e. The lowest BCUT2D eigenvalue weighted by molar-refractivity contribution is 0.373. The monoisotopic (exact) mass is 268 g/mol. The predicted molar refractivity (Wildman–Crippen MR) is 79.1 cm³/mol. The van der Waals surface area contributed by atoms with Crippen LogP contribution in [0.1, 0.15) is 23.9 Å². The van der Waals surface area contributed by atoms with Crippen molar-refractivity contribution < 1.29 is 0 Å². The van der Waals surface area contributed by atoms with Crippen molar-refractivity contribution in [1.82, 2.24) is 14.9 Å². The molecule has 2 aromatic rings. The first-order valence-corrected chi connectivity index (χ1v) is 6.83. The number of hydrogen-bond acceptors (Lipinski definition) is 3. The highest BCUT2D eigenvalue weighted by molar-refractivity contribution is 5.31. The molecule has 104 valence electrons.